The third-order valence-electron chi connectivity index (χ3n) is 12.9. The molecule has 4 unspecified atom stereocenters. The Hall–Kier alpha value is -6.14. The molecule has 0 saturated heterocycles. The van der Waals surface area contributed by atoms with E-state index in [-0.39, 0.29) is 34.1 Å². The number of cyclic esters (lactones) is 2. The molecule has 0 spiro atoms. The first-order valence-electron chi connectivity index (χ1n) is 19.0. The molecule has 0 radical (unpaired) electrons. The summed E-state index contributed by atoms with van der Waals surface area (Å²) in [5, 5.41) is 0.635. The second kappa shape index (κ2) is 11.2. The summed E-state index contributed by atoms with van der Waals surface area (Å²) in [7, 11) is 0. The van der Waals surface area contributed by atoms with E-state index in [0.717, 1.165) is 36.8 Å². The van der Waals surface area contributed by atoms with E-state index >= 15 is 0 Å². The minimum Gasteiger partial charge on any atom is -0.386 e. The molecule has 0 N–H and O–H groups in total. The number of imide groups is 1. The van der Waals surface area contributed by atoms with Crippen molar-refractivity contribution in [3.63, 3.8) is 0 Å². The highest BCUT2D eigenvalue weighted by Gasteiger charge is 2.44. The summed E-state index contributed by atoms with van der Waals surface area (Å²) < 4.78 is 4.98. The number of nitrogens with zero attached hydrogens (tertiary/aromatic N) is 1. The number of hydrogen-bond acceptors (Lipinski definition) is 5. The Morgan fingerprint density at radius 3 is 1.96 bits per heavy atom. The SMILES string of the molecule is CC1CC=CC2=C1C(c1ccc(N3C(=O)c4ccc5c6c(ccc(c46)C3=O)C(=O)OC5=O)c(C3C4=C(CCCC4C)c4ccccc43)c1)c1ccccc12. The molecule has 0 saturated carbocycles. The predicted molar refractivity (Wildman–Crippen MR) is 208 cm³/mol. The molecule has 5 aromatic carbocycles. The second-order valence-electron chi connectivity index (χ2n) is 15.7. The van der Waals surface area contributed by atoms with E-state index in [9.17, 15) is 19.2 Å². The first-order chi connectivity index (χ1) is 26.3. The lowest BCUT2D eigenvalue weighted by atomic mass is 9.75. The average molecular weight is 706 g/mol. The van der Waals surface area contributed by atoms with Gasteiger partial charge in [-0.25, -0.2) is 14.5 Å². The largest absolute Gasteiger partial charge is 0.386 e. The molecule has 4 atom stereocenters. The Morgan fingerprint density at radius 1 is 0.611 bits per heavy atom. The average Bonchev–Trinajstić information content (AvgIpc) is 3.71. The van der Waals surface area contributed by atoms with Crippen molar-refractivity contribution in [2.24, 2.45) is 11.8 Å². The minimum absolute atomic E-state index is 0.0414. The van der Waals surface area contributed by atoms with E-state index in [4.69, 9.17) is 4.74 Å². The van der Waals surface area contributed by atoms with Crippen molar-refractivity contribution < 1.29 is 23.9 Å². The molecule has 6 heteroatoms. The van der Waals surface area contributed by atoms with E-state index in [1.165, 1.54) is 61.6 Å². The van der Waals surface area contributed by atoms with E-state index in [2.05, 4.69) is 86.7 Å². The molecule has 6 nitrogen and oxygen atoms in total. The molecule has 2 aliphatic heterocycles. The molecule has 2 heterocycles. The van der Waals surface area contributed by atoms with Crippen LogP contribution in [-0.2, 0) is 4.74 Å². The highest BCUT2D eigenvalue weighted by Crippen LogP contribution is 2.57. The van der Waals surface area contributed by atoms with Gasteiger partial charge in [0.25, 0.3) is 11.8 Å². The first-order valence-corrected chi connectivity index (χ1v) is 19.0. The third-order valence-corrected chi connectivity index (χ3v) is 12.9. The zero-order valence-corrected chi connectivity index (χ0v) is 29.9. The standard InChI is InChI=1S/C48H35NO5/c1-24-9-7-15-29-27-11-3-5-13-31(27)41(39(24)29)26-17-22-38(37(23-26)42-32-14-6-4-12-28(32)30-16-8-10-25(2)40(30)42)49-45(50)33-18-20-35-44-36(48(53)54-47(35)52)21-19-34(43(33)44)46(49)51/h3-7,11-15,17-25,41-42H,8-10,16H2,1-2H3. The molecule has 262 valence electrons. The zero-order valence-electron chi connectivity index (χ0n) is 29.9. The van der Waals surface area contributed by atoms with Crippen LogP contribution in [0, 0.1) is 11.8 Å². The molecule has 5 aromatic rings. The van der Waals surface area contributed by atoms with Crippen LogP contribution in [0.1, 0.15) is 126 Å². The number of carbonyl (C=O) groups is 4. The number of carbonyl (C=O) groups excluding carboxylic acids is 4. The number of esters is 2. The maximum absolute atomic E-state index is 14.9. The highest BCUT2D eigenvalue weighted by molar-refractivity contribution is 6.38. The van der Waals surface area contributed by atoms with Crippen LogP contribution < -0.4 is 4.90 Å². The molecule has 0 aromatic heterocycles. The van der Waals surface area contributed by atoms with Crippen molar-refractivity contribution in [2.75, 3.05) is 4.90 Å². The molecule has 0 bridgehead atoms. The summed E-state index contributed by atoms with van der Waals surface area (Å²) in [5.41, 5.74) is 14.1. The summed E-state index contributed by atoms with van der Waals surface area (Å²) in [6.45, 7) is 4.63. The van der Waals surface area contributed by atoms with Gasteiger partial charge in [0.05, 0.1) is 16.8 Å². The maximum Gasteiger partial charge on any atom is 0.346 e. The van der Waals surface area contributed by atoms with E-state index < -0.39 is 23.8 Å². The number of fused-ring (bicyclic) bond motifs is 4. The molecular weight excluding hydrogens is 671 g/mol. The van der Waals surface area contributed by atoms with Gasteiger partial charge < -0.3 is 4.74 Å². The van der Waals surface area contributed by atoms with Crippen LogP contribution >= 0.6 is 0 Å². The monoisotopic (exact) mass is 705 g/mol. The van der Waals surface area contributed by atoms with Gasteiger partial charge in [-0.1, -0.05) is 92.2 Å². The molecule has 0 fully saturated rings. The van der Waals surface area contributed by atoms with Crippen LogP contribution in [0.3, 0.4) is 0 Å². The van der Waals surface area contributed by atoms with Gasteiger partial charge >= 0.3 is 11.9 Å². The van der Waals surface area contributed by atoms with Crippen molar-refractivity contribution in [3.05, 3.63) is 170 Å². The third kappa shape index (κ3) is 4.06. The van der Waals surface area contributed by atoms with E-state index in [1.54, 1.807) is 12.1 Å². The van der Waals surface area contributed by atoms with Crippen LogP contribution in [0.15, 0.2) is 114 Å². The second-order valence-corrected chi connectivity index (χ2v) is 15.7. The maximum atomic E-state index is 14.9. The van der Waals surface area contributed by atoms with Gasteiger partial charge in [-0.05, 0) is 118 Å². The van der Waals surface area contributed by atoms with Crippen LogP contribution in [0.2, 0.25) is 0 Å². The lowest BCUT2D eigenvalue weighted by Crippen LogP contribution is -2.41. The molecule has 54 heavy (non-hydrogen) atoms. The molecule has 11 rings (SSSR count). The Morgan fingerprint density at radius 2 is 1.24 bits per heavy atom. The van der Waals surface area contributed by atoms with Crippen molar-refractivity contribution in [2.45, 2.75) is 51.4 Å². The lowest BCUT2D eigenvalue weighted by Gasteiger charge is -2.34. The predicted octanol–water partition coefficient (Wildman–Crippen LogP) is 10.2. The first kappa shape index (κ1) is 31.4. The summed E-state index contributed by atoms with van der Waals surface area (Å²) in [6, 6.07) is 30.0. The number of allylic oxidation sites excluding steroid dienone is 6. The number of ether oxygens (including phenoxy) is 1. The normalized spacial score (nSPS) is 23.5. The summed E-state index contributed by atoms with van der Waals surface area (Å²) in [5.74, 6) is -1.92. The van der Waals surface area contributed by atoms with Gasteiger partial charge in [-0.3, -0.25) is 9.59 Å². The minimum atomic E-state index is -0.781. The smallest absolute Gasteiger partial charge is 0.346 e. The van der Waals surface area contributed by atoms with Gasteiger partial charge in [-0.2, -0.15) is 0 Å². The zero-order chi connectivity index (χ0) is 36.6. The van der Waals surface area contributed by atoms with Gasteiger partial charge in [0.2, 0.25) is 0 Å². The Balaban J connectivity index is 1.16. The number of amides is 2. The molecular formula is C48H35NO5. The van der Waals surface area contributed by atoms with Crippen LogP contribution in [0.5, 0.6) is 0 Å². The van der Waals surface area contributed by atoms with Crippen molar-refractivity contribution >= 4 is 51.4 Å². The number of anilines is 1. The van der Waals surface area contributed by atoms with Gasteiger partial charge in [0.15, 0.2) is 0 Å². The fraction of sp³-hybridized carbons (Fsp3) is 0.208. The van der Waals surface area contributed by atoms with Crippen molar-refractivity contribution in [1.82, 2.24) is 0 Å². The Bertz CT molecular complexity index is 2660. The Kier molecular flexibility index (Phi) is 6.50. The molecule has 6 aliphatic rings. The van der Waals surface area contributed by atoms with E-state index in [0.29, 0.717) is 28.3 Å². The van der Waals surface area contributed by atoms with Crippen LogP contribution in [0.25, 0.3) is 21.9 Å². The summed E-state index contributed by atoms with van der Waals surface area (Å²) in [4.78, 5) is 56.7. The Labute approximate surface area is 312 Å². The van der Waals surface area contributed by atoms with E-state index in [1.807, 2.05) is 6.07 Å². The number of benzene rings is 5. The summed E-state index contributed by atoms with van der Waals surface area (Å²) in [6.07, 6.45) is 8.75. The number of hydrogen-bond donors (Lipinski definition) is 0. The molecule has 4 aliphatic carbocycles. The fourth-order valence-corrected chi connectivity index (χ4v) is 10.7. The van der Waals surface area contributed by atoms with Gasteiger partial charge in [0, 0.05) is 33.7 Å². The number of rotatable bonds is 3. The topological polar surface area (TPSA) is 80.8 Å². The van der Waals surface area contributed by atoms with Crippen molar-refractivity contribution in [1.29, 1.82) is 0 Å². The van der Waals surface area contributed by atoms with Gasteiger partial charge in [0.1, 0.15) is 0 Å². The van der Waals surface area contributed by atoms with Crippen molar-refractivity contribution in [3.8, 4) is 0 Å². The molecule has 2 amide bonds. The fourth-order valence-electron chi connectivity index (χ4n) is 10.7. The summed E-state index contributed by atoms with van der Waals surface area (Å²) >= 11 is 0. The van der Waals surface area contributed by atoms with Crippen LogP contribution in [-0.4, -0.2) is 23.8 Å². The van der Waals surface area contributed by atoms with Crippen LogP contribution in [0.4, 0.5) is 5.69 Å². The quantitative estimate of drug-likeness (QED) is 0.106. The lowest BCUT2D eigenvalue weighted by molar-refractivity contribution is 0.0390. The highest BCUT2D eigenvalue weighted by atomic mass is 16.6. The van der Waals surface area contributed by atoms with Gasteiger partial charge in [-0.15, -0.1) is 0 Å².